The number of nitrogens with one attached hydrogen (secondary N) is 2. The predicted molar refractivity (Wildman–Crippen MR) is 61.5 cm³/mol. The number of rotatable bonds is 6. The van der Waals surface area contributed by atoms with Crippen LogP contribution >= 0.6 is 0 Å². The normalized spacial score (nSPS) is 12.0. The van der Waals surface area contributed by atoms with Crippen LogP contribution in [-0.4, -0.2) is 54.6 Å². The van der Waals surface area contributed by atoms with Gasteiger partial charge in [-0.05, 0) is 14.0 Å². The summed E-state index contributed by atoms with van der Waals surface area (Å²) >= 11 is 0. The first-order valence-corrected chi connectivity index (χ1v) is 5.35. The van der Waals surface area contributed by atoms with Gasteiger partial charge in [0, 0.05) is 13.1 Å². The zero-order chi connectivity index (χ0) is 13.4. The van der Waals surface area contributed by atoms with Crippen molar-refractivity contribution in [3.8, 4) is 0 Å². The van der Waals surface area contributed by atoms with Crippen LogP contribution in [0, 0.1) is 5.92 Å². The Kier molecular flexibility index (Phi) is 6.88. The van der Waals surface area contributed by atoms with Crippen LogP contribution < -0.4 is 10.6 Å². The van der Waals surface area contributed by atoms with Gasteiger partial charge in [0.25, 0.3) is 0 Å². The lowest BCUT2D eigenvalue weighted by atomic mass is 10.2. The van der Waals surface area contributed by atoms with Crippen molar-refractivity contribution >= 4 is 17.9 Å². The number of carbonyl (C=O) groups excluding carboxylic acids is 2. The van der Waals surface area contributed by atoms with E-state index in [1.165, 1.54) is 0 Å². The summed E-state index contributed by atoms with van der Waals surface area (Å²) in [7, 11) is 1.62. The first-order valence-electron chi connectivity index (χ1n) is 5.35. The highest BCUT2D eigenvalue weighted by Gasteiger charge is 2.16. The lowest BCUT2D eigenvalue weighted by Gasteiger charge is -2.18. The summed E-state index contributed by atoms with van der Waals surface area (Å²) in [6.45, 7) is 3.96. The van der Waals surface area contributed by atoms with E-state index in [1.807, 2.05) is 0 Å². The molecule has 98 valence electrons. The molecule has 0 spiro atoms. The molecular weight excluding hydrogens is 226 g/mol. The fourth-order valence-electron chi connectivity index (χ4n) is 1.23. The third kappa shape index (κ3) is 7.29. The Bertz CT molecular complexity index is 293. The van der Waals surface area contributed by atoms with Gasteiger partial charge >= 0.3 is 12.0 Å². The molecule has 0 rings (SSSR count). The first kappa shape index (κ1) is 15.4. The minimum Gasteiger partial charge on any atom is -0.481 e. The minimum atomic E-state index is -0.916. The Morgan fingerprint density at radius 2 is 1.94 bits per heavy atom. The van der Waals surface area contributed by atoms with Crippen LogP contribution in [0.2, 0.25) is 0 Å². The molecule has 0 aliphatic heterocycles. The topological polar surface area (TPSA) is 98.7 Å². The molecular formula is C10H19N3O4. The lowest BCUT2D eigenvalue weighted by Crippen LogP contribution is -2.44. The molecule has 3 amide bonds. The number of carboxylic acids is 1. The van der Waals surface area contributed by atoms with Gasteiger partial charge in [0.05, 0.1) is 12.5 Å². The number of likely N-dealkylation sites (N-methyl/N-ethyl adjacent to an activating group) is 1. The quantitative estimate of drug-likeness (QED) is 0.585. The Balaban J connectivity index is 3.95. The zero-order valence-corrected chi connectivity index (χ0v) is 10.3. The largest absolute Gasteiger partial charge is 0.481 e. The molecule has 0 bridgehead atoms. The average Bonchev–Trinajstić information content (AvgIpc) is 2.16. The molecule has 0 saturated heterocycles. The second-order valence-corrected chi connectivity index (χ2v) is 3.84. The van der Waals surface area contributed by atoms with Gasteiger partial charge in [0.1, 0.15) is 0 Å². The molecule has 0 radical (unpaired) electrons. The number of urea groups is 1. The molecule has 0 aromatic carbocycles. The molecule has 17 heavy (non-hydrogen) atoms. The number of amides is 3. The highest BCUT2D eigenvalue weighted by molar-refractivity contribution is 5.95. The summed E-state index contributed by atoms with van der Waals surface area (Å²) in [4.78, 5) is 34.5. The summed E-state index contributed by atoms with van der Waals surface area (Å²) < 4.78 is 0. The van der Waals surface area contributed by atoms with Gasteiger partial charge in [-0.2, -0.15) is 0 Å². The number of nitrogens with zero attached hydrogens (tertiary/aromatic N) is 1. The van der Waals surface area contributed by atoms with Crippen molar-refractivity contribution in [2.75, 3.05) is 26.7 Å². The molecule has 7 nitrogen and oxygen atoms in total. The van der Waals surface area contributed by atoms with Crippen LogP contribution in [0.25, 0.3) is 0 Å². The van der Waals surface area contributed by atoms with Crippen molar-refractivity contribution < 1.29 is 19.5 Å². The second kappa shape index (κ2) is 7.61. The number of imide groups is 1. The van der Waals surface area contributed by atoms with Gasteiger partial charge in [-0.15, -0.1) is 0 Å². The zero-order valence-electron chi connectivity index (χ0n) is 10.3. The first-order chi connectivity index (χ1) is 7.86. The smallest absolute Gasteiger partial charge is 0.321 e. The van der Waals surface area contributed by atoms with E-state index in [-0.39, 0.29) is 13.1 Å². The summed E-state index contributed by atoms with van der Waals surface area (Å²) in [6, 6.07) is -0.544. The molecule has 3 N–H and O–H groups in total. The number of hydrogen-bond donors (Lipinski definition) is 3. The van der Waals surface area contributed by atoms with E-state index in [0.717, 1.165) is 0 Å². The third-order valence-electron chi connectivity index (χ3n) is 2.01. The summed E-state index contributed by atoms with van der Waals surface area (Å²) in [5.74, 6) is -1.94. The standard InChI is InChI=1S/C10H19N3O4/c1-4-11-10(17)12-8(14)6-13(3)5-7(2)9(15)16/h7H,4-6H2,1-3H3,(H,15,16)(H2,11,12,14,17). The minimum absolute atomic E-state index is 0.0191. The van der Waals surface area contributed by atoms with Crippen LogP contribution in [0.5, 0.6) is 0 Å². The molecule has 1 atom stereocenters. The van der Waals surface area contributed by atoms with Gasteiger partial charge < -0.3 is 10.4 Å². The maximum atomic E-state index is 11.3. The molecule has 0 aromatic rings. The molecule has 0 fully saturated rings. The van der Waals surface area contributed by atoms with Crippen LogP contribution in [0.4, 0.5) is 4.79 Å². The number of carbonyl (C=O) groups is 3. The van der Waals surface area contributed by atoms with Gasteiger partial charge in [0.2, 0.25) is 5.91 Å². The van der Waals surface area contributed by atoms with Crippen molar-refractivity contribution in [3.63, 3.8) is 0 Å². The Labute approximate surface area is 100 Å². The Morgan fingerprint density at radius 3 is 2.41 bits per heavy atom. The molecule has 0 heterocycles. The van der Waals surface area contributed by atoms with Crippen molar-refractivity contribution in [2.45, 2.75) is 13.8 Å². The number of aliphatic carboxylic acids is 1. The molecule has 1 unspecified atom stereocenters. The van der Waals surface area contributed by atoms with E-state index in [1.54, 1.807) is 25.8 Å². The van der Waals surface area contributed by atoms with E-state index in [4.69, 9.17) is 5.11 Å². The van der Waals surface area contributed by atoms with Gasteiger partial charge in [-0.25, -0.2) is 4.79 Å². The molecule has 0 aromatic heterocycles. The van der Waals surface area contributed by atoms with E-state index in [0.29, 0.717) is 6.54 Å². The molecule has 7 heteroatoms. The molecule has 0 aliphatic rings. The Morgan fingerprint density at radius 1 is 1.35 bits per heavy atom. The number of hydrogen-bond acceptors (Lipinski definition) is 4. The number of carboxylic acid groups (broad SMARTS) is 1. The van der Waals surface area contributed by atoms with Crippen molar-refractivity contribution in [1.29, 1.82) is 0 Å². The van der Waals surface area contributed by atoms with E-state index >= 15 is 0 Å². The fourth-order valence-corrected chi connectivity index (χ4v) is 1.23. The monoisotopic (exact) mass is 245 g/mol. The fraction of sp³-hybridized carbons (Fsp3) is 0.700. The highest BCUT2D eigenvalue weighted by Crippen LogP contribution is 1.97. The van der Waals surface area contributed by atoms with Crippen LogP contribution in [0.3, 0.4) is 0 Å². The average molecular weight is 245 g/mol. The van der Waals surface area contributed by atoms with E-state index < -0.39 is 23.8 Å². The SMILES string of the molecule is CCNC(=O)NC(=O)CN(C)CC(C)C(=O)O. The van der Waals surface area contributed by atoms with Crippen LogP contribution in [0.1, 0.15) is 13.8 Å². The van der Waals surface area contributed by atoms with E-state index in [2.05, 4.69) is 10.6 Å². The summed E-state index contributed by atoms with van der Waals surface area (Å²) in [5.41, 5.74) is 0. The second-order valence-electron chi connectivity index (χ2n) is 3.84. The summed E-state index contributed by atoms with van der Waals surface area (Å²) in [5, 5.41) is 13.3. The van der Waals surface area contributed by atoms with E-state index in [9.17, 15) is 14.4 Å². The molecule has 0 aliphatic carbocycles. The van der Waals surface area contributed by atoms with Crippen LogP contribution in [0.15, 0.2) is 0 Å². The lowest BCUT2D eigenvalue weighted by molar-refractivity contribution is -0.142. The highest BCUT2D eigenvalue weighted by atomic mass is 16.4. The third-order valence-corrected chi connectivity index (χ3v) is 2.01. The summed E-state index contributed by atoms with van der Waals surface area (Å²) in [6.07, 6.45) is 0. The molecule has 0 saturated carbocycles. The predicted octanol–water partition coefficient (Wildman–Crippen LogP) is -0.515. The van der Waals surface area contributed by atoms with Gasteiger partial charge in [0.15, 0.2) is 0 Å². The van der Waals surface area contributed by atoms with Gasteiger partial charge in [-0.1, -0.05) is 6.92 Å². The van der Waals surface area contributed by atoms with Crippen molar-refractivity contribution in [2.24, 2.45) is 5.92 Å². The maximum Gasteiger partial charge on any atom is 0.321 e. The maximum absolute atomic E-state index is 11.3. The van der Waals surface area contributed by atoms with Crippen molar-refractivity contribution in [1.82, 2.24) is 15.5 Å². The van der Waals surface area contributed by atoms with Crippen molar-refractivity contribution in [3.05, 3.63) is 0 Å². The van der Waals surface area contributed by atoms with Gasteiger partial charge in [-0.3, -0.25) is 19.8 Å². The van der Waals surface area contributed by atoms with Crippen LogP contribution in [-0.2, 0) is 9.59 Å². The Hall–Kier alpha value is -1.63.